The van der Waals surface area contributed by atoms with Gasteiger partial charge in [-0.1, -0.05) is 19.9 Å². The fourth-order valence-electron chi connectivity index (χ4n) is 2.76. The van der Waals surface area contributed by atoms with Crippen LogP contribution in [0.25, 0.3) is 0 Å². The van der Waals surface area contributed by atoms with Gasteiger partial charge in [0.05, 0.1) is 4.90 Å². The van der Waals surface area contributed by atoms with Gasteiger partial charge in [-0.05, 0) is 49.3 Å². The molecule has 0 radical (unpaired) electrons. The van der Waals surface area contributed by atoms with Crippen LogP contribution in [0.5, 0.6) is 5.75 Å². The lowest BCUT2D eigenvalue weighted by molar-refractivity contribution is 0.249. The van der Waals surface area contributed by atoms with Gasteiger partial charge in [0.1, 0.15) is 5.75 Å². The molecule has 1 fully saturated rings. The van der Waals surface area contributed by atoms with Crippen molar-refractivity contribution < 1.29 is 13.5 Å². The Morgan fingerprint density at radius 1 is 1.26 bits per heavy atom. The highest BCUT2D eigenvalue weighted by atomic mass is 32.2. The fourth-order valence-corrected chi connectivity index (χ4v) is 4.18. The lowest BCUT2D eigenvalue weighted by atomic mass is 9.80. The van der Waals surface area contributed by atoms with E-state index in [2.05, 4.69) is 18.6 Å². The second kappa shape index (κ2) is 5.51. The van der Waals surface area contributed by atoms with E-state index >= 15 is 0 Å². The molecule has 0 bridgehead atoms. The van der Waals surface area contributed by atoms with E-state index < -0.39 is 10.0 Å². The van der Waals surface area contributed by atoms with Crippen LogP contribution in [0.3, 0.4) is 0 Å². The first kappa shape index (κ1) is 14.3. The number of phenolic OH excluding ortho intramolecular Hbond substituents is 1. The SMILES string of the molecule is CC1CCC(NS(=O)(=O)c2cccc(O)c2)C(C)C1. The van der Waals surface area contributed by atoms with Gasteiger partial charge in [0.2, 0.25) is 10.0 Å². The van der Waals surface area contributed by atoms with Crippen molar-refractivity contribution >= 4 is 10.0 Å². The van der Waals surface area contributed by atoms with Crippen LogP contribution < -0.4 is 4.72 Å². The molecule has 3 atom stereocenters. The molecule has 4 nitrogen and oxygen atoms in total. The molecule has 0 aliphatic heterocycles. The fraction of sp³-hybridized carbons (Fsp3) is 0.571. The molecular weight excluding hydrogens is 262 g/mol. The summed E-state index contributed by atoms with van der Waals surface area (Å²) in [6.07, 6.45) is 2.98. The Morgan fingerprint density at radius 3 is 2.63 bits per heavy atom. The molecule has 0 spiro atoms. The Morgan fingerprint density at radius 2 is 2.00 bits per heavy atom. The van der Waals surface area contributed by atoms with E-state index in [1.807, 2.05) is 0 Å². The van der Waals surface area contributed by atoms with Crippen molar-refractivity contribution in [1.82, 2.24) is 4.72 Å². The summed E-state index contributed by atoms with van der Waals surface area (Å²) in [6.45, 7) is 4.29. The van der Waals surface area contributed by atoms with Crippen molar-refractivity contribution in [3.8, 4) is 5.75 Å². The summed E-state index contributed by atoms with van der Waals surface area (Å²) in [5.74, 6) is 0.973. The van der Waals surface area contributed by atoms with E-state index in [9.17, 15) is 13.5 Å². The second-order valence-corrected chi connectivity index (χ2v) is 7.33. The first-order valence-corrected chi connectivity index (χ1v) is 8.18. The van der Waals surface area contributed by atoms with Gasteiger partial charge < -0.3 is 5.11 Å². The summed E-state index contributed by atoms with van der Waals surface area (Å²) >= 11 is 0. The summed E-state index contributed by atoms with van der Waals surface area (Å²) in [4.78, 5) is 0.123. The maximum absolute atomic E-state index is 12.3. The predicted octanol–water partition coefficient (Wildman–Crippen LogP) is 2.50. The molecule has 0 saturated heterocycles. The van der Waals surface area contributed by atoms with Crippen molar-refractivity contribution in [1.29, 1.82) is 0 Å². The molecule has 0 amide bonds. The zero-order chi connectivity index (χ0) is 14.0. The van der Waals surface area contributed by atoms with Gasteiger partial charge in [0.25, 0.3) is 0 Å². The molecule has 1 aromatic rings. The number of sulfonamides is 1. The minimum atomic E-state index is -3.54. The Kier molecular flexibility index (Phi) is 4.16. The quantitative estimate of drug-likeness (QED) is 0.895. The first-order chi connectivity index (χ1) is 8.88. The molecule has 5 heteroatoms. The lowest BCUT2D eigenvalue weighted by Crippen LogP contribution is -2.42. The molecule has 1 aliphatic rings. The first-order valence-electron chi connectivity index (χ1n) is 6.70. The zero-order valence-electron chi connectivity index (χ0n) is 11.3. The molecule has 0 aromatic heterocycles. The standard InChI is InChI=1S/C14H21NO3S/c1-10-6-7-14(11(2)8-10)15-19(17,18)13-5-3-4-12(16)9-13/h3-5,9-11,14-16H,6-8H2,1-2H3. The van der Waals surface area contributed by atoms with Crippen molar-refractivity contribution in [2.75, 3.05) is 0 Å². The van der Waals surface area contributed by atoms with E-state index in [4.69, 9.17) is 0 Å². The van der Waals surface area contributed by atoms with Gasteiger partial charge in [0.15, 0.2) is 0 Å². The molecule has 2 rings (SSSR count). The largest absolute Gasteiger partial charge is 0.508 e. The van der Waals surface area contributed by atoms with Crippen LogP contribution in [0.4, 0.5) is 0 Å². The van der Waals surface area contributed by atoms with Crippen LogP contribution in [0.15, 0.2) is 29.2 Å². The normalized spacial score (nSPS) is 28.2. The Bertz CT molecular complexity index is 541. The summed E-state index contributed by atoms with van der Waals surface area (Å²) < 4.78 is 27.3. The van der Waals surface area contributed by atoms with Crippen molar-refractivity contribution in [2.45, 2.75) is 44.0 Å². The third kappa shape index (κ3) is 3.48. The van der Waals surface area contributed by atoms with Crippen LogP contribution in [-0.2, 0) is 10.0 Å². The van der Waals surface area contributed by atoms with Gasteiger partial charge in [-0.2, -0.15) is 0 Å². The van der Waals surface area contributed by atoms with Crippen molar-refractivity contribution in [3.63, 3.8) is 0 Å². The highest BCUT2D eigenvalue weighted by Crippen LogP contribution is 2.29. The topological polar surface area (TPSA) is 66.4 Å². The number of aromatic hydroxyl groups is 1. The third-order valence-corrected chi connectivity index (χ3v) is 5.35. The second-order valence-electron chi connectivity index (χ2n) is 5.62. The van der Waals surface area contributed by atoms with Crippen LogP contribution in [0.1, 0.15) is 33.1 Å². The molecule has 1 aromatic carbocycles. The van der Waals surface area contributed by atoms with Crippen LogP contribution in [0, 0.1) is 11.8 Å². The molecule has 0 heterocycles. The number of rotatable bonds is 3. The monoisotopic (exact) mass is 283 g/mol. The summed E-state index contributed by atoms with van der Waals surface area (Å²) in [6, 6.07) is 5.76. The van der Waals surface area contributed by atoms with Crippen LogP contribution >= 0.6 is 0 Å². The molecule has 3 unspecified atom stereocenters. The van der Waals surface area contributed by atoms with Crippen molar-refractivity contribution in [3.05, 3.63) is 24.3 Å². The van der Waals surface area contributed by atoms with Crippen molar-refractivity contribution in [2.24, 2.45) is 11.8 Å². The number of hydrogen-bond acceptors (Lipinski definition) is 3. The third-order valence-electron chi connectivity index (χ3n) is 3.87. The van der Waals surface area contributed by atoms with E-state index in [0.717, 1.165) is 19.3 Å². The minimum Gasteiger partial charge on any atom is -0.508 e. The maximum atomic E-state index is 12.3. The van der Waals surface area contributed by atoms with E-state index in [0.29, 0.717) is 11.8 Å². The number of hydrogen-bond donors (Lipinski definition) is 2. The van der Waals surface area contributed by atoms with Gasteiger partial charge in [-0.15, -0.1) is 0 Å². The molecular formula is C14H21NO3S. The minimum absolute atomic E-state index is 0.0106. The average molecular weight is 283 g/mol. The number of nitrogens with one attached hydrogen (secondary N) is 1. The van der Waals surface area contributed by atoms with E-state index in [1.54, 1.807) is 0 Å². The lowest BCUT2D eigenvalue weighted by Gasteiger charge is -2.32. The summed E-state index contributed by atoms with van der Waals surface area (Å²) in [7, 11) is -3.54. The Balaban J connectivity index is 2.13. The molecule has 106 valence electrons. The van der Waals surface area contributed by atoms with Gasteiger partial charge in [-0.25, -0.2) is 13.1 Å². The summed E-state index contributed by atoms with van der Waals surface area (Å²) in [5.41, 5.74) is 0. The number of benzene rings is 1. The molecule has 1 aliphatic carbocycles. The number of phenols is 1. The molecule has 2 N–H and O–H groups in total. The van der Waals surface area contributed by atoms with Crippen LogP contribution in [-0.4, -0.2) is 19.6 Å². The summed E-state index contributed by atoms with van der Waals surface area (Å²) in [5, 5.41) is 9.38. The van der Waals surface area contributed by atoms with E-state index in [1.165, 1.54) is 24.3 Å². The highest BCUT2D eigenvalue weighted by molar-refractivity contribution is 7.89. The Labute approximate surface area is 114 Å². The predicted molar refractivity (Wildman–Crippen MR) is 74.4 cm³/mol. The molecule has 19 heavy (non-hydrogen) atoms. The van der Waals surface area contributed by atoms with Gasteiger partial charge >= 0.3 is 0 Å². The smallest absolute Gasteiger partial charge is 0.240 e. The average Bonchev–Trinajstić information content (AvgIpc) is 2.33. The van der Waals surface area contributed by atoms with Gasteiger partial charge in [-0.3, -0.25) is 0 Å². The Hall–Kier alpha value is -1.07. The highest BCUT2D eigenvalue weighted by Gasteiger charge is 2.29. The van der Waals surface area contributed by atoms with Gasteiger partial charge in [0, 0.05) is 6.04 Å². The maximum Gasteiger partial charge on any atom is 0.240 e. The van der Waals surface area contributed by atoms with E-state index in [-0.39, 0.29) is 16.7 Å². The van der Waals surface area contributed by atoms with Crippen LogP contribution in [0.2, 0.25) is 0 Å². The molecule has 1 saturated carbocycles. The zero-order valence-corrected chi connectivity index (χ0v) is 12.2.